The lowest BCUT2D eigenvalue weighted by Gasteiger charge is -2.21. The van der Waals surface area contributed by atoms with Gasteiger partial charge in [-0.05, 0) is 43.5 Å². The molecule has 2 aromatic rings. The molecule has 0 spiro atoms. The minimum absolute atomic E-state index is 0.0850. The lowest BCUT2D eigenvalue weighted by Crippen LogP contribution is -2.30. The van der Waals surface area contributed by atoms with Crippen molar-refractivity contribution in [2.24, 2.45) is 0 Å². The summed E-state index contributed by atoms with van der Waals surface area (Å²) in [5, 5.41) is 3.97. The van der Waals surface area contributed by atoms with Gasteiger partial charge in [0.15, 0.2) is 0 Å². The van der Waals surface area contributed by atoms with Crippen LogP contribution >= 0.6 is 11.6 Å². The maximum Gasteiger partial charge on any atom is 0.124 e. The van der Waals surface area contributed by atoms with E-state index in [-0.39, 0.29) is 11.9 Å². The van der Waals surface area contributed by atoms with E-state index in [2.05, 4.69) is 24.4 Å². The Morgan fingerprint density at radius 1 is 1.10 bits per heavy atom. The minimum Gasteiger partial charge on any atom is -0.307 e. The molecular weight excluding hydrogens is 273 g/mol. The first-order chi connectivity index (χ1) is 9.56. The fourth-order valence-electron chi connectivity index (χ4n) is 2.40. The lowest BCUT2D eigenvalue weighted by molar-refractivity contribution is 0.476. The maximum atomic E-state index is 13.1. The van der Waals surface area contributed by atoms with Crippen LogP contribution in [0.5, 0.6) is 0 Å². The first-order valence-corrected chi connectivity index (χ1v) is 7.19. The van der Waals surface area contributed by atoms with Crippen molar-refractivity contribution < 1.29 is 4.39 Å². The van der Waals surface area contributed by atoms with Gasteiger partial charge in [-0.15, -0.1) is 0 Å². The van der Waals surface area contributed by atoms with E-state index in [9.17, 15) is 4.39 Å². The molecule has 2 rings (SSSR count). The molecule has 0 aromatic heterocycles. The van der Waals surface area contributed by atoms with E-state index in [4.69, 9.17) is 11.6 Å². The van der Waals surface area contributed by atoms with E-state index in [1.165, 1.54) is 17.7 Å². The highest BCUT2D eigenvalue weighted by Crippen LogP contribution is 2.24. The average molecular weight is 292 g/mol. The SMILES string of the molecule is CC(Cc1ccccc1)NC(C)c1ccc(F)cc1Cl. The Bertz CT molecular complexity index is 556. The first kappa shape index (κ1) is 15.0. The Morgan fingerprint density at radius 3 is 2.45 bits per heavy atom. The monoisotopic (exact) mass is 291 g/mol. The molecule has 0 bridgehead atoms. The number of nitrogens with one attached hydrogen (secondary N) is 1. The molecule has 3 heteroatoms. The molecule has 0 radical (unpaired) electrons. The summed E-state index contributed by atoms with van der Waals surface area (Å²) in [5.41, 5.74) is 2.22. The largest absolute Gasteiger partial charge is 0.307 e. The molecule has 1 nitrogen and oxygen atoms in total. The zero-order chi connectivity index (χ0) is 14.5. The predicted molar refractivity (Wildman–Crippen MR) is 82.6 cm³/mol. The normalized spacial score (nSPS) is 14.0. The number of benzene rings is 2. The molecular formula is C17H19ClFN. The highest BCUT2D eigenvalue weighted by molar-refractivity contribution is 6.31. The average Bonchev–Trinajstić information content (AvgIpc) is 2.39. The van der Waals surface area contributed by atoms with Gasteiger partial charge in [0.25, 0.3) is 0 Å². The molecule has 2 atom stereocenters. The molecule has 0 aliphatic carbocycles. The van der Waals surface area contributed by atoms with E-state index < -0.39 is 0 Å². The zero-order valence-corrected chi connectivity index (χ0v) is 12.5. The van der Waals surface area contributed by atoms with Crippen LogP contribution in [0.25, 0.3) is 0 Å². The third kappa shape index (κ3) is 4.06. The van der Waals surface area contributed by atoms with Crippen LogP contribution < -0.4 is 5.32 Å². The number of rotatable bonds is 5. The van der Waals surface area contributed by atoms with Gasteiger partial charge in [0.2, 0.25) is 0 Å². The number of hydrogen-bond donors (Lipinski definition) is 1. The van der Waals surface area contributed by atoms with Crippen LogP contribution in [0.15, 0.2) is 48.5 Å². The van der Waals surface area contributed by atoms with E-state index in [0.717, 1.165) is 12.0 Å². The topological polar surface area (TPSA) is 12.0 Å². The highest BCUT2D eigenvalue weighted by atomic mass is 35.5. The van der Waals surface area contributed by atoms with Crippen molar-refractivity contribution in [2.45, 2.75) is 32.4 Å². The van der Waals surface area contributed by atoms with Crippen LogP contribution in [0.4, 0.5) is 4.39 Å². The molecule has 0 saturated heterocycles. The molecule has 0 aliphatic rings. The lowest BCUT2D eigenvalue weighted by atomic mass is 10.0. The molecule has 0 amide bonds. The van der Waals surface area contributed by atoms with Crippen molar-refractivity contribution in [1.29, 1.82) is 0 Å². The van der Waals surface area contributed by atoms with Gasteiger partial charge in [-0.3, -0.25) is 0 Å². The fraction of sp³-hybridized carbons (Fsp3) is 0.294. The molecule has 0 fully saturated rings. The second-order valence-corrected chi connectivity index (χ2v) is 5.55. The maximum absolute atomic E-state index is 13.1. The summed E-state index contributed by atoms with van der Waals surface area (Å²) in [6.07, 6.45) is 0.948. The van der Waals surface area contributed by atoms with Crippen molar-refractivity contribution in [3.05, 3.63) is 70.5 Å². The second kappa shape index (κ2) is 6.87. The van der Waals surface area contributed by atoms with Gasteiger partial charge in [-0.2, -0.15) is 0 Å². The first-order valence-electron chi connectivity index (χ1n) is 6.81. The van der Waals surface area contributed by atoms with Crippen molar-refractivity contribution >= 4 is 11.6 Å². The summed E-state index contributed by atoms with van der Waals surface area (Å²) in [7, 11) is 0. The fourth-order valence-corrected chi connectivity index (χ4v) is 2.73. The zero-order valence-electron chi connectivity index (χ0n) is 11.7. The smallest absolute Gasteiger partial charge is 0.124 e. The summed E-state index contributed by atoms with van der Waals surface area (Å²) in [5.74, 6) is -0.303. The number of hydrogen-bond acceptors (Lipinski definition) is 1. The Hall–Kier alpha value is -1.38. The Labute approximate surface area is 124 Å². The summed E-state index contributed by atoms with van der Waals surface area (Å²) in [6, 6.07) is 15.3. The van der Waals surface area contributed by atoms with E-state index in [1.54, 1.807) is 6.07 Å². The molecule has 106 valence electrons. The van der Waals surface area contributed by atoms with Gasteiger partial charge in [-0.1, -0.05) is 48.0 Å². The van der Waals surface area contributed by atoms with Gasteiger partial charge in [0.05, 0.1) is 0 Å². The van der Waals surface area contributed by atoms with Crippen molar-refractivity contribution in [2.75, 3.05) is 0 Å². The molecule has 0 saturated carbocycles. The van der Waals surface area contributed by atoms with E-state index in [1.807, 2.05) is 25.1 Å². The van der Waals surface area contributed by atoms with Crippen LogP contribution in [-0.2, 0) is 6.42 Å². The van der Waals surface area contributed by atoms with Crippen molar-refractivity contribution in [3.63, 3.8) is 0 Å². The summed E-state index contributed by atoms with van der Waals surface area (Å²) >= 11 is 6.09. The molecule has 2 unspecified atom stereocenters. The Kier molecular flexibility index (Phi) is 5.16. The quantitative estimate of drug-likeness (QED) is 0.837. The molecule has 20 heavy (non-hydrogen) atoms. The van der Waals surface area contributed by atoms with Gasteiger partial charge in [-0.25, -0.2) is 4.39 Å². The van der Waals surface area contributed by atoms with Crippen LogP contribution in [0.2, 0.25) is 5.02 Å². The van der Waals surface area contributed by atoms with E-state index >= 15 is 0 Å². The predicted octanol–water partition coefficient (Wildman–Crippen LogP) is 4.76. The van der Waals surface area contributed by atoms with Gasteiger partial charge in [0, 0.05) is 17.1 Å². The standard InChI is InChI=1S/C17H19ClFN/c1-12(10-14-6-4-3-5-7-14)20-13(2)16-9-8-15(19)11-17(16)18/h3-9,11-13,20H,10H2,1-2H3. The summed E-state index contributed by atoms with van der Waals surface area (Å²) in [6.45, 7) is 4.18. The van der Waals surface area contributed by atoms with Crippen molar-refractivity contribution in [1.82, 2.24) is 5.32 Å². The van der Waals surface area contributed by atoms with Crippen molar-refractivity contribution in [3.8, 4) is 0 Å². The molecule has 0 aliphatic heterocycles. The second-order valence-electron chi connectivity index (χ2n) is 5.14. The third-order valence-corrected chi connectivity index (χ3v) is 3.68. The van der Waals surface area contributed by atoms with Crippen LogP contribution in [0.3, 0.4) is 0 Å². The van der Waals surface area contributed by atoms with Crippen LogP contribution in [-0.4, -0.2) is 6.04 Å². The van der Waals surface area contributed by atoms with Gasteiger partial charge in [0.1, 0.15) is 5.82 Å². The van der Waals surface area contributed by atoms with Gasteiger partial charge < -0.3 is 5.32 Å². The Morgan fingerprint density at radius 2 is 1.80 bits per heavy atom. The minimum atomic E-state index is -0.303. The van der Waals surface area contributed by atoms with Gasteiger partial charge >= 0.3 is 0 Å². The Balaban J connectivity index is 1.98. The summed E-state index contributed by atoms with van der Waals surface area (Å²) < 4.78 is 13.1. The summed E-state index contributed by atoms with van der Waals surface area (Å²) in [4.78, 5) is 0. The molecule has 2 aromatic carbocycles. The van der Waals surface area contributed by atoms with Crippen LogP contribution in [0, 0.1) is 5.82 Å². The number of halogens is 2. The third-order valence-electron chi connectivity index (χ3n) is 3.35. The molecule has 1 N–H and O–H groups in total. The van der Waals surface area contributed by atoms with Crippen LogP contribution in [0.1, 0.15) is 31.0 Å². The molecule has 0 heterocycles. The van der Waals surface area contributed by atoms with E-state index in [0.29, 0.717) is 11.1 Å². The highest BCUT2D eigenvalue weighted by Gasteiger charge is 2.13.